The van der Waals surface area contributed by atoms with E-state index >= 15 is 0 Å². The molecule has 0 aromatic carbocycles. The summed E-state index contributed by atoms with van der Waals surface area (Å²) in [6, 6.07) is 0. The third-order valence-corrected chi connectivity index (χ3v) is 4.45. The number of ether oxygens (including phenoxy) is 5. The number of carbonyl (C=O) groups is 4. The first-order valence-corrected chi connectivity index (χ1v) is 9.21. The van der Waals surface area contributed by atoms with E-state index in [0.717, 1.165) is 0 Å². The standard InChI is InChI=1S/C20H24O9/c1-5-26-18(23)14(19(24)27-6-2)9-12-7-8-13-15(17(22)25-4)10-28-20(16(12)13)29-11(3)21/h7,9-10,13,16,20H,5-6,8H2,1-4H3. The lowest BCUT2D eigenvalue weighted by molar-refractivity contribution is -0.179. The van der Waals surface area contributed by atoms with Gasteiger partial charge in [-0.1, -0.05) is 6.08 Å². The molecule has 0 radical (unpaired) electrons. The lowest BCUT2D eigenvalue weighted by Crippen LogP contribution is -2.37. The predicted octanol–water partition coefficient (Wildman–Crippen LogP) is 1.58. The minimum Gasteiger partial charge on any atom is -0.466 e. The minimum atomic E-state index is -1.03. The topological polar surface area (TPSA) is 114 Å². The summed E-state index contributed by atoms with van der Waals surface area (Å²) in [6.45, 7) is 4.62. The summed E-state index contributed by atoms with van der Waals surface area (Å²) in [7, 11) is 1.25. The number of allylic oxidation sites excluding steroid dienone is 2. The van der Waals surface area contributed by atoms with Crippen LogP contribution in [0.3, 0.4) is 0 Å². The van der Waals surface area contributed by atoms with Gasteiger partial charge in [0, 0.05) is 12.8 Å². The lowest BCUT2D eigenvalue weighted by Gasteiger charge is -2.33. The van der Waals surface area contributed by atoms with Crippen LogP contribution in [0.25, 0.3) is 0 Å². The summed E-state index contributed by atoms with van der Waals surface area (Å²) in [5.41, 5.74) is 0.470. The Balaban J connectivity index is 2.43. The van der Waals surface area contributed by atoms with Crippen LogP contribution in [0.2, 0.25) is 0 Å². The Hall–Kier alpha value is -3.10. The Morgan fingerprint density at radius 3 is 2.28 bits per heavy atom. The van der Waals surface area contributed by atoms with Gasteiger partial charge in [-0.3, -0.25) is 4.79 Å². The molecule has 0 aromatic rings. The third-order valence-electron chi connectivity index (χ3n) is 4.45. The van der Waals surface area contributed by atoms with Gasteiger partial charge in [0.15, 0.2) is 0 Å². The smallest absolute Gasteiger partial charge is 0.345 e. The Bertz CT molecular complexity index is 755. The summed E-state index contributed by atoms with van der Waals surface area (Å²) in [4.78, 5) is 48.1. The van der Waals surface area contributed by atoms with Crippen LogP contribution in [-0.4, -0.2) is 50.5 Å². The van der Waals surface area contributed by atoms with Crippen LogP contribution in [0.4, 0.5) is 0 Å². The largest absolute Gasteiger partial charge is 0.466 e. The van der Waals surface area contributed by atoms with Crippen LogP contribution in [0, 0.1) is 11.8 Å². The molecule has 1 aliphatic carbocycles. The predicted molar refractivity (Wildman–Crippen MR) is 97.8 cm³/mol. The molecular weight excluding hydrogens is 384 g/mol. The molecular formula is C20H24O9. The summed E-state index contributed by atoms with van der Waals surface area (Å²) in [6.07, 6.45) is 3.67. The first-order chi connectivity index (χ1) is 13.8. The number of hydrogen-bond donors (Lipinski definition) is 0. The highest BCUT2D eigenvalue weighted by molar-refractivity contribution is 6.14. The van der Waals surface area contributed by atoms with E-state index in [-0.39, 0.29) is 24.4 Å². The van der Waals surface area contributed by atoms with E-state index in [1.54, 1.807) is 19.9 Å². The maximum atomic E-state index is 12.3. The fraction of sp³-hybridized carbons (Fsp3) is 0.500. The number of carbonyl (C=O) groups excluding carboxylic acids is 4. The average molecular weight is 408 g/mol. The SMILES string of the molecule is CCOC(=O)C(=CC1=CCC2C(C(=O)OC)=COC(OC(C)=O)C12)C(=O)OCC. The molecule has 0 N–H and O–H groups in total. The average Bonchev–Trinajstić information content (AvgIpc) is 3.10. The highest BCUT2D eigenvalue weighted by atomic mass is 16.7. The van der Waals surface area contributed by atoms with Gasteiger partial charge in [-0.25, -0.2) is 14.4 Å². The van der Waals surface area contributed by atoms with Crippen molar-refractivity contribution in [2.75, 3.05) is 20.3 Å². The van der Waals surface area contributed by atoms with Crippen molar-refractivity contribution in [3.05, 3.63) is 35.1 Å². The molecule has 29 heavy (non-hydrogen) atoms. The molecule has 0 fully saturated rings. The summed E-state index contributed by atoms with van der Waals surface area (Å²) >= 11 is 0. The van der Waals surface area contributed by atoms with E-state index in [1.807, 2.05) is 0 Å². The van der Waals surface area contributed by atoms with Gasteiger partial charge in [0.25, 0.3) is 6.29 Å². The molecule has 9 nitrogen and oxygen atoms in total. The molecule has 1 aliphatic heterocycles. The quantitative estimate of drug-likeness (QED) is 0.204. The summed E-state index contributed by atoms with van der Waals surface area (Å²) < 4.78 is 25.4. The molecule has 158 valence electrons. The normalized spacial score (nSPS) is 22.1. The number of hydrogen-bond acceptors (Lipinski definition) is 9. The van der Waals surface area contributed by atoms with Crippen LogP contribution >= 0.6 is 0 Å². The highest BCUT2D eigenvalue weighted by Gasteiger charge is 2.45. The van der Waals surface area contributed by atoms with Crippen LogP contribution in [-0.2, 0) is 42.9 Å². The zero-order valence-corrected chi connectivity index (χ0v) is 16.8. The molecule has 2 rings (SSSR count). The van der Waals surface area contributed by atoms with Gasteiger partial charge in [0.05, 0.1) is 38.1 Å². The zero-order valence-electron chi connectivity index (χ0n) is 16.8. The number of methoxy groups -OCH3 is 1. The minimum absolute atomic E-state index is 0.0785. The number of rotatable bonds is 7. The van der Waals surface area contributed by atoms with Crippen molar-refractivity contribution in [2.24, 2.45) is 11.8 Å². The van der Waals surface area contributed by atoms with E-state index < -0.39 is 42.0 Å². The Morgan fingerprint density at radius 1 is 1.14 bits per heavy atom. The van der Waals surface area contributed by atoms with Gasteiger partial charge >= 0.3 is 23.9 Å². The van der Waals surface area contributed by atoms with Crippen LogP contribution in [0.5, 0.6) is 0 Å². The molecule has 0 spiro atoms. The van der Waals surface area contributed by atoms with Gasteiger partial charge in [-0.05, 0) is 31.9 Å². The van der Waals surface area contributed by atoms with E-state index in [4.69, 9.17) is 23.7 Å². The lowest BCUT2D eigenvalue weighted by atomic mass is 9.83. The van der Waals surface area contributed by atoms with Crippen LogP contribution < -0.4 is 0 Å². The van der Waals surface area contributed by atoms with Gasteiger partial charge < -0.3 is 23.7 Å². The second kappa shape index (κ2) is 9.90. The van der Waals surface area contributed by atoms with Crippen molar-refractivity contribution in [1.82, 2.24) is 0 Å². The Kier molecular flexibility index (Phi) is 7.58. The first-order valence-electron chi connectivity index (χ1n) is 9.21. The van der Waals surface area contributed by atoms with E-state index in [0.29, 0.717) is 12.0 Å². The molecule has 1 heterocycles. The van der Waals surface area contributed by atoms with E-state index in [9.17, 15) is 19.2 Å². The molecule has 0 saturated carbocycles. The maximum absolute atomic E-state index is 12.3. The van der Waals surface area contributed by atoms with Gasteiger partial charge in [0.2, 0.25) is 0 Å². The molecule has 2 aliphatic rings. The maximum Gasteiger partial charge on any atom is 0.345 e. The molecule has 0 amide bonds. The van der Waals surface area contributed by atoms with Crippen molar-refractivity contribution in [3.8, 4) is 0 Å². The first kappa shape index (κ1) is 22.2. The van der Waals surface area contributed by atoms with Crippen molar-refractivity contribution in [1.29, 1.82) is 0 Å². The van der Waals surface area contributed by atoms with Crippen LogP contribution in [0.15, 0.2) is 35.1 Å². The monoisotopic (exact) mass is 408 g/mol. The third kappa shape index (κ3) is 5.04. The molecule has 3 unspecified atom stereocenters. The van der Waals surface area contributed by atoms with E-state index in [2.05, 4.69) is 0 Å². The molecule has 0 saturated heterocycles. The molecule has 9 heteroatoms. The number of esters is 4. The Morgan fingerprint density at radius 2 is 1.76 bits per heavy atom. The van der Waals surface area contributed by atoms with Crippen LogP contribution in [0.1, 0.15) is 27.2 Å². The van der Waals surface area contributed by atoms with Gasteiger partial charge in [-0.2, -0.15) is 0 Å². The second-order valence-electron chi connectivity index (χ2n) is 6.25. The van der Waals surface area contributed by atoms with Crippen molar-refractivity contribution in [2.45, 2.75) is 33.5 Å². The fourth-order valence-electron chi connectivity index (χ4n) is 3.28. The second-order valence-corrected chi connectivity index (χ2v) is 6.25. The highest BCUT2D eigenvalue weighted by Crippen LogP contribution is 2.44. The summed E-state index contributed by atoms with van der Waals surface area (Å²) in [5, 5.41) is 0. The van der Waals surface area contributed by atoms with Crippen molar-refractivity contribution < 1.29 is 42.9 Å². The number of fused-ring (bicyclic) bond motifs is 1. The van der Waals surface area contributed by atoms with Crippen molar-refractivity contribution in [3.63, 3.8) is 0 Å². The zero-order chi connectivity index (χ0) is 21.6. The summed E-state index contributed by atoms with van der Waals surface area (Å²) in [5.74, 6) is -3.83. The fourth-order valence-corrected chi connectivity index (χ4v) is 3.28. The van der Waals surface area contributed by atoms with E-state index in [1.165, 1.54) is 26.4 Å². The van der Waals surface area contributed by atoms with Gasteiger partial charge in [-0.15, -0.1) is 0 Å². The molecule has 0 bridgehead atoms. The van der Waals surface area contributed by atoms with Crippen molar-refractivity contribution >= 4 is 23.9 Å². The molecule has 3 atom stereocenters. The Labute approximate surface area is 168 Å². The molecule has 0 aromatic heterocycles. The van der Waals surface area contributed by atoms with Gasteiger partial charge in [0.1, 0.15) is 5.57 Å².